The van der Waals surface area contributed by atoms with Crippen molar-refractivity contribution in [3.63, 3.8) is 0 Å². The summed E-state index contributed by atoms with van der Waals surface area (Å²) in [6.45, 7) is 0. The minimum absolute atomic E-state index is 0.00824. The fraction of sp³-hybridized carbons (Fsp3) is 0.176. The third kappa shape index (κ3) is 3.32. The molecule has 2 N–H and O–H groups in total. The van der Waals surface area contributed by atoms with Gasteiger partial charge in [-0.15, -0.1) is 11.3 Å². The standard InChI is InChI=1S/C17H14FNO3S/c18-11-4-5-14-12(7-11)13(8-19-14)10-6-16(23-9-10)15(20)2-1-3-17(21)22/h4-9,19H,1-3H2,(H,21,22). The summed E-state index contributed by atoms with van der Waals surface area (Å²) in [6.07, 6.45) is 2.34. The SMILES string of the molecule is O=C(O)CCCC(=O)c1cc(-c2c[nH]c3ccc(F)cc23)cs1. The molecule has 3 rings (SSSR count). The van der Waals surface area contributed by atoms with Crippen LogP contribution in [0.2, 0.25) is 0 Å². The van der Waals surface area contributed by atoms with Gasteiger partial charge in [0, 0.05) is 35.5 Å². The van der Waals surface area contributed by atoms with Gasteiger partial charge in [-0.25, -0.2) is 4.39 Å². The number of rotatable bonds is 6. The molecule has 2 heterocycles. The number of fused-ring (bicyclic) bond motifs is 1. The Morgan fingerprint density at radius 1 is 1.22 bits per heavy atom. The van der Waals surface area contributed by atoms with Gasteiger partial charge >= 0.3 is 5.97 Å². The lowest BCUT2D eigenvalue weighted by Crippen LogP contribution is -1.99. The van der Waals surface area contributed by atoms with Crippen molar-refractivity contribution in [1.82, 2.24) is 4.98 Å². The number of Topliss-reactive ketones (excluding diaryl/α,β-unsaturated/α-hetero) is 1. The lowest BCUT2D eigenvalue weighted by atomic mass is 10.1. The van der Waals surface area contributed by atoms with Crippen LogP contribution in [0.5, 0.6) is 0 Å². The quantitative estimate of drug-likeness (QED) is 0.655. The first-order valence-electron chi connectivity index (χ1n) is 7.15. The van der Waals surface area contributed by atoms with E-state index in [9.17, 15) is 14.0 Å². The lowest BCUT2D eigenvalue weighted by Gasteiger charge is -1.97. The van der Waals surface area contributed by atoms with Crippen molar-refractivity contribution in [2.24, 2.45) is 0 Å². The molecule has 0 bridgehead atoms. The Hall–Kier alpha value is -2.47. The molecule has 23 heavy (non-hydrogen) atoms. The van der Waals surface area contributed by atoms with Crippen molar-refractivity contribution in [2.45, 2.75) is 19.3 Å². The Kier molecular flexibility index (Phi) is 4.25. The predicted octanol–water partition coefficient (Wildman–Crippen LogP) is 4.47. The molecule has 0 aliphatic carbocycles. The van der Waals surface area contributed by atoms with Gasteiger partial charge in [0.25, 0.3) is 0 Å². The molecule has 1 aromatic carbocycles. The molecule has 0 aliphatic rings. The Balaban J connectivity index is 1.82. The topological polar surface area (TPSA) is 70.2 Å². The van der Waals surface area contributed by atoms with Crippen molar-refractivity contribution in [2.75, 3.05) is 0 Å². The molecule has 0 amide bonds. The van der Waals surface area contributed by atoms with E-state index in [1.54, 1.807) is 18.3 Å². The highest BCUT2D eigenvalue weighted by Gasteiger charge is 2.13. The van der Waals surface area contributed by atoms with E-state index >= 15 is 0 Å². The van der Waals surface area contributed by atoms with E-state index in [0.717, 1.165) is 22.0 Å². The summed E-state index contributed by atoms with van der Waals surface area (Å²) < 4.78 is 13.4. The summed E-state index contributed by atoms with van der Waals surface area (Å²) in [7, 11) is 0. The van der Waals surface area contributed by atoms with Crippen LogP contribution in [0, 0.1) is 5.82 Å². The van der Waals surface area contributed by atoms with Crippen LogP contribution < -0.4 is 0 Å². The third-order valence-corrected chi connectivity index (χ3v) is 4.59. The Morgan fingerprint density at radius 2 is 2.04 bits per heavy atom. The minimum Gasteiger partial charge on any atom is -0.481 e. The van der Waals surface area contributed by atoms with Crippen LogP contribution in [0.25, 0.3) is 22.0 Å². The van der Waals surface area contributed by atoms with Gasteiger partial charge in [0.1, 0.15) is 5.82 Å². The van der Waals surface area contributed by atoms with Crippen molar-refractivity contribution in [3.8, 4) is 11.1 Å². The number of H-pyrrole nitrogens is 1. The number of carbonyl (C=O) groups excluding carboxylic acids is 1. The van der Waals surface area contributed by atoms with E-state index in [1.165, 1.54) is 23.5 Å². The largest absolute Gasteiger partial charge is 0.481 e. The molecule has 4 nitrogen and oxygen atoms in total. The monoisotopic (exact) mass is 331 g/mol. The van der Waals surface area contributed by atoms with Gasteiger partial charge in [-0.1, -0.05) is 0 Å². The normalized spacial score (nSPS) is 11.0. The van der Waals surface area contributed by atoms with Crippen LogP contribution >= 0.6 is 11.3 Å². The molecule has 0 unspecified atom stereocenters. The fourth-order valence-electron chi connectivity index (χ4n) is 2.48. The number of hydrogen-bond donors (Lipinski definition) is 2. The second kappa shape index (κ2) is 6.34. The van der Waals surface area contributed by atoms with Crippen molar-refractivity contribution in [3.05, 3.63) is 46.5 Å². The number of thiophene rings is 1. The zero-order valence-corrected chi connectivity index (χ0v) is 13.0. The predicted molar refractivity (Wildman–Crippen MR) is 87.4 cm³/mol. The van der Waals surface area contributed by atoms with Gasteiger partial charge in [0.05, 0.1) is 4.88 Å². The summed E-state index contributed by atoms with van der Waals surface area (Å²) >= 11 is 1.32. The third-order valence-electron chi connectivity index (χ3n) is 3.62. The maximum Gasteiger partial charge on any atom is 0.303 e. The van der Waals surface area contributed by atoms with Gasteiger partial charge < -0.3 is 10.1 Å². The summed E-state index contributed by atoms with van der Waals surface area (Å²) in [5.41, 5.74) is 2.54. The molecule has 0 fully saturated rings. The molecule has 6 heteroatoms. The number of aromatic amines is 1. The highest BCUT2D eigenvalue weighted by molar-refractivity contribution is 7.12. The number of aromatic nitrogens is 1. The minimum atomic E-state index is -0.898. The van der Waals surface area contributed by atoms with Crippen LogP contribution in [0.15, 0.2) is 35.8 Å². The molecule has 3 aromatic rings. The van der Waals surface area contributed by atoms with E-state index in [4.69, 9.17) is 5.11 Å². The zero-order chi connectivity index (χ0) is 16.4. The first-order chi connectivity index (χ1) is 11.0. The molecular weight excluding hydrogens is 317 g/mol. The molecule has 2 aromatic heterocycles. The molecule has 118 valence electrons. The maximum atomic E-state index is 13.4. The van der Waals surface area contributed by atoms with Gasteiger partial charge in [0.2, 0.25) is 0 Å². The van der Waals surface area contributed by atoms with E-state index < -0.39 is 5.97 Å². The van der Waals surface area contributed by atoms with Gasteiger partial charge in [-0.2, -0.15) is 0 Å². The van der Waals surface area contributed by atoms with Crippen molar-refractivity contribution >= 4 is 34.0 Å². The zero-order valence-electron chi connectivity index (χ0n) is 12.1. The number of aliphatic carboxylic acids is 1. The average Bonchev–Trinajstić information content (AvgIpc) is 3.12. The van der Waals surface area contributed by atoms with Crippen LogP contribution in [0.3, 0.4) is 0 Å². The fourth-order valence-corrected chi connectivity index (χ4v) is 3.36. The summed E-state index contributed by atoms with van der Waals surface area (Å²) in [6, 6.07) is 6.32. The Morgan fingerprint density at radius 3 is 2.83 bits per heavy atom. The van der Waals surface area contributed by atoms with E-state index in [1.807, 2.05) is 5.38 Å². The van der Waals surface area contributed by atoms with Crippen LogP contribution in [-0.4, -0.2) is 21.8 Å². The summed E-state index contributed by atoms with van der Waals surface area (Å²) in [5, 5.41) is 11.2. The molecule has 0 atom stereocenters. The highest BCUT2D eigenvalue weighted by atomic mass is 32.1. The molecule has 0 aliphatic heterocycles. The average molecular weight is 331 g/mol. The second-order valence-corrected chi connectivity index (χ2v) is 6.17. The number of carboxylic acid groups (broad SMARTS) is 1. The number of benzene rings is 1. The number of ketones is 1. The van der Waals surface area contributed by atoms with E-state index in [-0.39, 0.29) is 24.4 Å². The van der Waals surface area contributed by atoms with Crippen LogP contribution in [0.4, 0.5) is 4.39 Å². The Bertz CT molecular complexity index is 881. The highest BCUT2D eigenvalue weighted by Crippen LogP contribution is 2.32. The summed E-state index contributed by atoms with van der Waals surface area (Å²) in [5.74, 6) is -1.27. The molecular formula is C17H14FNO3S. The second-order valence-electron chi connectivity index (χ2n) is 5.26. The van der Waals surface area contributed by atoms with Gasteiger partial charge in [-0.3, -0.25) is 9.59 Å². The first kappa shape index (κ1) is 15.4. The van der Waals surface area contributed by atoms with E-state index in [0.29, 0.717) is 11.3 Å². The lowest BCUT2D eigenvalue weighted by molar-refractivity contribution is -0.137. The number of carbonyl (C=O) groups is 2. The molecule has 0 spiro atoms. The number of nitrogens with one attached hydrogen (secondary N) is 1. The van der Waals surface area contributed by atoms with Crippen molar-refractivity contribution < 1.29 is 19.1 Å². The van der Waals surface area contributed by atoms with Crippen molar-refractivity contribution in [1.29, 1.82) is 0 Å². The van der Waals surface area contributed by atoms with Crippen LogP contribution in [0.1, 0.15) is 28.9 Å². The first-order valence-corrected chi connectivity index (χ1v) is 8.03. The number of hydrogen-bond acceptors (Lipinski definition) is 3. The van der Waals surface area contributed by atoms with Gasteiger partial charge in [0.15, 0.2) is 5.78 Å². The smallest absolute Gasteiger partial charge is 0.303 e. The molecule has 0 saturated heterocycles. The number of carboxylic acids is 1. The molecule has 0 saturated carbocycles. The van der Waals surface area contributed by atoms with Crippen LogP contribution in [-0.2, 0) is 4.79 Å². The summed E-state index contributed by atoms with van der Waals surface area (Å²) in [4.78, 5) is 26.2. The van der Waals surface area contributed by atoms with E-state index in [2.05, 4.69) is 4.98 Å². The number of halogens is 1. The van der Waals surface area contributed by atoms with Gasteiger partial charge in [-0.05, 0) is 41.6 Å². The maximum absolute atomic E-state index is 13.4. The molecule has 0 radical (unpaired) electrons. The Labute approximate surface area is 135 Å².